The molecule has 0 aliphatic carbocycles. The van der Waals surface area contributed by atoms with Crippen molar-refractivity contribution in [2.24, 2.45) is 0 Å². The molecule has 0 aromatic carbocycles. The van der Waals surface area contributed by atoms with Gasteiger partial charge in [0.2, 0.25) is 5.95 Å². The first-order valence-electron chi connectivity index (χ1n) is 6.92. The largest absolute Gasteiger partial charge is 0.467 e. The lowest BCUT2D eigenvalue weighted by atomic mass is 10.4. The molecular formula is C14H16N6O2. The summed E-state index contributed by atoms with van der Waals surface area (Å²) in [6.07, 6.45) is 3.41. The van der Waals surface area contributed by atoms with E-state index in [-0.39, 0.29) is 6.01 Å². The van der Waals surface area contributed by atoms with Crippen LogP contribution >= 0.6 is 0 Å². The molecule has 0 aliphatic rings. The summed E-state index contributed by atoms with van der Waals surface area (Å²) in [7, 11) is 0. The maximum atomic E-state index is 5.39. The van der Waals surface area contributed by atoms with E-state index in [4.69, 9.17) is 9.15 Å². The zero-order chi connectivity index (χ0) is 15.4. The molecule has 3 heterocycles. The molecule has 0 amide bonds. The third kappa shape index (κ3) is 3.22. The van der Waals surface area contributed by atoms with Gasteiger partial charge in [-0.3, -0.25) is 0 Å². The summed E-state index contributed by atoms with van der Waals surface area (Å²) in [4.78, 5) is 12.8. The molecule has 22 heavy (non-hydrogen) atoms. The van der Waals surface area contributed by atoms with Crippen molar-refractivity contribution in [2.75, 3.05) is 11.9 Å². The molecule has 0 atom stereocenters. The summed E-state index contributed by atoms with van der Waals surface area (Å²) >= 11 is 0. The van der Waals surface area contributed by atoms with Crippen molar-refractivity contribution in [3.8, 4) is 12.0 Å². The molecule has 0 saturated heterocycles. The quantitative estimate of drug-likeness (QED) is 0.744. The minimum absolute atomic E-state index is 0.252. The highest BCUT2D eigenvalue weighted by Crippen LogP contribution is 2.12. The van der Waals surface area contributed by atoms with Gasteiger partial charge >= 0.3 is 6.01 Å². The topological polar surface area (TPSA) is 90.9 Å². The number of nitrogens with zero attached hydrogens (tertiary/aromatic N) is 5. The van der Waals surface area contributed by atoms with E-state index in [1.165, 1.54) is 0 Å². The number of anilines is 1. The summed E-state index contributed by atoms with van der Waals surface area (Å²) < 4.78 is 12.2. The number of rotatable bonds is 6. The predicted octanol–water partition coefficient (Wildman–Crippen LogP) is 1.97. The van der Waals surface area contributed by atoms with Crippen LogP contribution in [0.5, 0.6) is 6.01 Å². The van der Waals surface area contributed by atoms with Crippen molar-refractivity contribution in [3.05, 3.63) is 42.1 Å². The van der Waals surface area contributed by atoms with E-state index >= 15 is 0 Å². The van der Waals surface area contributed by atoms with Crippen LogP contribution < -0.4 is 10.1 Å². The second-order valence-electron chi connectivity index (χ2n) is 4.51. The number of furan rings is 1. The van der Waals surface area contributed by atoms with E-state index < -0.39 is 0 Å². The minimum Gasteiger partial charge on any atom is -0.467 e. The highest BCUT2D eigenvalue weighted by Gasteiger charge is 2.10. The summed E-state index contributed by atoms with van der Waals surface area (Å²) in [5.41, 5.74) is 0.878. The van der Waals surface area contributed by atoms with Crippen LogP contribution in [0.25, 0.3) is 5.95 Å². The molecule has 0 bridgehead atoms. The summed E-state index contributed by atoms with van der Waals surface area (Å²) in [5.74, 6) is 1.58. The summed E-state index contributed by atoms with van der Waals surface area (Å²) in [5, 5.41) is 7.38. The first-order valence-corrected chi connectivity index (χ1v) is 6.92. The fourth-order valence-corrected chi connectivity index (χ4v) is 1.83. The third-order valence-corrected chi connectivity index (χ3v) is 2.80. The van der Waals surface area contributed by atoms with E-state index in [1.807, 2.05) is 32.0 Å². The number of hydrogen-bond acceptors (Lipinski definition) is 7. The molecule has 3 aromatic rings. The molecule has 0 radical (unpaired) electrons. The van der Waals surface area contributed by atoms with Gasteiger partial charge in [-0.25, -0.2) is 4.68 Å². The zero-order valence-corrected chi connectivity index (χ0v) is 12.4. The van der Waals surface area contributed by atoms with Crippen LogP contribution in [-0.4, -0.2) is 31.3 Å². The molecule has 114 valence electrons. The molecule has 0 unspecified atom stereocenters. The normalized spacial score (nSPS) is 10.6. The van der Waals surface area contributed by atoms with Crippen molar-refractivity contribution in [2.45, 2.75) is 20.4 Å². The van der Waals surface area contributed by atoms with Gasteiger partial charge in [-0.05, 0) is 32.0 Å². The van der Waals surface area contributed by atoms with Crippen LogP contribution in [0.4, 0.5) is 5.95 Å². The van der Waals surface area contributed by atoms with Crippen molar-refractivity contribution >= 4 is 5.95 Å². The molecule has 1 N–H and O–H groups in total. The van der Waals surface area contributed by atoms with E-state index in [0.29, 0.717) is 25.0 Å². The van der Waals surface area contributed by atoms with Gasteiger partial charge in [0.1, 0.15) is 5.76 Å². The lowest BCUT2D eigenvalue weighted by molar-refractivity contribution is 0.311. The predicted molar refractivity (Wildman–Crippen MR) is 78.9 cm³/mol. The van der Waals surface area contributed by atoms with Crippen LogP contribution in [0, 0.1) is 6.92 Å². The van der Waals surface area contributed by atoms with E-state index in [0.717, 1.165) is 11.5 Å². The Morgan fingerprint density at radius 3 is 2.86 bits per heavy atom. The summed E-state index contributed by atoms with van der Waals surface area (Å²) in [6.45, 7) is 4.72. The molecule has 3 aromatic heterocycles. The SMILES string of the molecule is CCOc1nc(NCc2ccco2)nc(-n2ccc(C)n2)n1. The number of aromatic nitrogens is 5. The van der Waals surface area contributed by atoms with Gasteiger partial charge in [0.25, 0.3) is 5.95 Å². The average Bonchev–Trinajstić information content (AvgIpc) is 3.16. The molecule has 0 spiro atoms. The first-order chi connectivity index (χ1) is 10.7. The molecule has 3 rings (SSSR count). The van der Waals surface area contributed by atoms with Gasteiger partial charge in [-0.1, -0.05) is 0 Å². The number of hydrogen-bond donors (Lipinski definition) is 1. The van der Waals surface area contributed by atoms with Crippen molar-refractivity contribution in [1.82, 2.24) is 24.7 Å². The molecule has 0 fully saturated rings. The highest BCUT2D eigenvalue weighted by atomic mass is 16.5. The minimum atomic E-state index is 0.252. The van der Waals surface area contributed by atoms with Gasteiger partial charge in [0.05, 0.1) is 25.1 Å². The Morgan fingerprint density at radius 1 is 1.27 bits per heavy atom. The second-order valence-corrected chi connectivity index (χ2v) is 4.51. The van der Waals surface area contributed by atoms with E-state index in [9.17, 15) is 0 Å². The monoisotopic (exact) mass is 300 g/mol. The highest BCUT2D eigenvalue weighted by molar-refractivity contribution is 5.30. The van der Waals surface area contributed by atoms with E-state index in [2.05, 4.69) is 25.4 Å². The molecule has 8 nitrogen and oxygen atoms in total. The van der Waals surface area contributed by atoms with Gasteiger partial charge in [0.15, 0.2) is 0 Å². The van der Waals surface area contributed by atoms with Crippen LogP contribution in [-0.2, 0) is 6.54 Å². The Morgan fingerprint density at radius 2 is 2.18 bits per heavy atom. The smallest absolute Gasteiger partial charge is 0.323 e. The lowest BCUT2D eigenvalue weighted by Gasteiger charge is -2.08. The van der Waals surface area contributed by atoms with Crippen molar-refractivity contribution in [3.63, 3.8) is 0 Å². The van der Waals surface area contributed by atoms with Crippen LogP contribution in [0.3, 0.4) is 0 Å². The fourth-order valence-electron chi connectivity index (χ4n) is 1.83. The maximum Gasteiger partial charge on any atom is 0.323 e. The fraction of sp³-hybridized carbons (Fsp3) is 0.286. The van der Waals surface area contributed by atoms with Gasteiger partial charge in [-0.2, -0.15) is 20.1 Å². The Balaban J connectivity index is 1.86. The van der Waals surface area contributed by atoms with Crippen LogP contribution in [0.15, 0.2) is 35.1 Å². The van der Waals surface area contributed by atoms with Gasteiger partial charge in [-0.15, -0.1) is 0 Å². The number of aryl methyl sites for hydroxylation is 1. The lowest BCUT2D eigenvalue weighted by Crippen LogP contribution is -2.11. The average molecular weight is 300 g/mol. The Hall–Kier alpha value is -2.90. The second kappa shape index (κ2) is 6.25. The first kappa shape index (κ1) is 14.1. The Kier molecular flexibility index (Phi) is 3.99. The number of ether oxygens (including phenoxy) is 1. The molecular weight excluding hydrogens is 284 g/mol. The zero-order valence-electron chi connectivity index (χ0n) is 12.4. The van der Waals surface area contributed by atoms with Gasteiger partial charge < -0.3 is 14.5 Å². The molecule has 0 aliphatic heterocycles. The van der Waals surface area contributed by atoms with Crippen molar-refractivity contribution < 1.29 is 9.15 Å². The number of nitrogens with one attached hydrogen (secondary N) is 1. The maximum absolute atomic E-state index is 5.39. The van der Waals surface area contributed by atoms with E-state index in [1.54, 1.807) is 17.1 Å². The third-order valence-electron chi connectivity index (χ3n) is 2.80. The molecule has 0 saturated carbocycles. The summed E-state index contributed by atoms with van der Waals surface area (Å²) in [6, 6.07) is 5.83. The Bertz CT molecular complexity index is 738. The van der Waals surface area contributed by atoms with Crippen molar-refractivity contribution in [1.29, 1.82) is 0 Å². The van der Waals surface area contributed by atoms with Crippen LogP contribution in [0.1, 0.15) is 18.4 Å². The van der Waals surface area contributed by atoms with Gasteiger partial charge in [0, 0.05) is 6.20 Å². The van der Waals surface area contributed by atoms with Crippen LogP contribution in [0.2, 0.25) is 0 Å². The Labute approximate surface area is 127 Å². The standard InChI is InChI=1S/C14H16N6O2/c1-3-21-14-17-12(15-9-11-5-4-8-22-11)16-13(18-14)20-7-6-10(2)19-20/h4-8H,3,9H2,1-2H3,(H,15,16,17,18). The molecule has 8 heteroatoms.